The van der Waals surface area contributed by atoms with Gasteiger partial charge in [0.25, 0.3) is 0 Å². The van der Waals surface area contributed by atoms with Gasteiger partial charge in [-0.15, -0.1) is 0 Å². The topological polar surface area (TPSA) is 76.5 Å². The Labute approximate surface area is 185 Å². The Morgan fingerprint density at radius 3 is 2.61 bits per heavy atom. The highest BCUT2D eigenvalue weighted by atomic mass is 16.5. The van der Waals surface area contributed by atoms with Crippen LogP contribution in [0.25, 0.3) is 11.0 Å². The van der Waals surface area contributed by atoms with Crippen molar-refractivity contribution in [2.75, 3.05) is 33.4 Å². The molecule has 0 atom stereocenters. The first kappa shape index (κ1) is 23.3. The number of fused-ring (bicyclic) bond motifs is 1. The van der Waals surface area contributed by atoms with E-state index in [0.29, 0.717) is 19.5 Å². The SMILES string of the molecule is COCC(=O)NCCCCCc1nc2ccccc2n1CCC(=O)N1CCCCCC1. The molecule has 7 heteroatoms. The van der Waals surface area contributed by atoms with Crippen LogP contribution in [0.5, 0.6) is 0 Å². The quantitative estimate of drug-likeness (QED) is 0.557. The van der Waals surface area contributed by atoms with Crippen molar-refractivity contribution in [2.45, 2.75) is 64.3 Å². The Morgan fingerprint density at radius 1 is 1.06 bits per heavy atom. The number of benzene rings is 1. The zero-order valence-electron chi connectivity index (χ0n) is 18.8. The zero-order chi connectivity index (χ0) is 21.9. The molecular weight excluding hydrogens is 392 g/mol. The lowest BCUT2D eigenvalue weighted by Crippen LogP contribution is -2.32. The summed E-state index contributed by atoms with van der Waals surface area (Å²) in [7, 11) is 1.52. The minimum Gasteiger partial charge on any atom is -0.375 e. The van der Waals surface area contributed by atoms with Gasteiger partial charge < -0.3 is 19.5 Å². The molecule has 0 spiro atoms. The maximum absolute atomic E-state index is 12.8. The van der Waals surface area contributed by atoms with Crippen LogP contribution >= 0.6 is 0 Å². The average Bonchev–Trinajstić information content (AvgIpc) is 2.92. The molecule has 1 fully saturated rings. The summed E-state index contributed by atoms with van der Waals surface area (Å²) in [6.07, 6.45) is 9.06. The van der Waals surface area contributed by atoms with E-state index < -0.39 is 0 Å². The molecule has 31 heavy (non-hydrogen) atoms. The first-order valence-corrected chi connectivity index (χ1v) is 11.7. The highest BCUT2D eigenvalue weighted by Gasteiger charge is 2.17. The number of aromatic nitrogens is 2. The number of hydrogen-bond acceptors (Lipinski definition) is 4. The van der Waals surface area contributed by atoms with Crippen molar-refractivity contribution < 1.29 is 14.3 Å². The number of nitrogens with one attached hydrogen (secondary N) is 1. The molecule has 2 amide bonds. The number of ether oxygens (including phenoxy) is 1. The van der Waals surface area contributed by atoms with Crippen molar-refractivity contribution in [2.24, 2.45) is 0 Å². The molecule has 170 valence electrons. The third-order valence-electron chi connectivity index (χ3n) is 5.92. The van der Waals surface area contributed by atoms with Crippen LogP contribution in [0.2, 0.25) is 0 Å². The summed E-state index contributed by atoms with van der Waals surface area (Å²) in [6, 6.07) is 8.17. The summed E-state index contributed by atoms with van der Waals surface area (Å²) < 4.78 is 7.04. The zero-order valence-corrected chi connectivity index (χ0v) is 18.8. The van der Waals surface area contributed by atoms with E-state index in [1.807, 2.05) is 23.1 Å². The van der Waals surface area contributed by atoms with Crippen molar-refractivity contribution >= 4 is 22.8 Å². The molecule has 3 rings (SSSR count). The largest absolute Gasteiger partial charge is 0.375 e. The fraction of sp³-hybridized carbons (Fsp3) is 0.625. The maximum atomic E-state index is 12.8. The lowest BCUT2D eigenvalue weighted by atomic mass is 10.2. The summed E-state index contributed by atoms with van der Waals surface area (Å²) in [5.41, 5.74) is 2.10. The van der Waals surface area contributed by atoms with Gasteiger partial charge in [0.1, 0.15) is 12.4 Å². The van der Waals surface area contributed by atoms with Gasteiger partial charge in [-0.25, -0.2) is 4.98 Å². The fourth-order valence-corrected chi connectivity index (χ4v) is 4.25. The van der Waals surface area contributed by atoms with Crippen LogP contribution in [-0.2, 0) is 27.3 Å². The number of nitrogens with zero attached hydrogens (tertiary/aromatic N) is 3. The van der Waals surface area contributed by atoms with E-state index in [2.05, 4.69) is 16.0 Å². The predicted octanol–water partition coefficient (Wildman–Crippen LogP) is 3.30. The van der Waals surface area contributed by atoms with Gasteiger partial charge in [0.2, 0.25) is 11.8 Å². The summed E-state index contributed by atoms with van der Waals surface area (Å²) in [5.74, 6) is 1.24. The molecule has 1 saturated heterocycles. The highest BCUT2D eigenvalue weighted by Crippen LogP contribution is 2.19. The van der Waals surface area contributed by atoms with Gasteiger partial charge in [-0.3, -0.25) is 9.59 Å². The number of aryl methyl sites for hydroxylation is 2. The second kappa shape index (κ2) is 12.4. The van der Waals surface area contributed by atoms with Gasteiger partial charge >= 0.3 is 0 Å². The number of para-hydroxylation sites is 2. The molecule has 0 unspecified atom stereocenters. The Balaban J connectivity index is 1.53. The van der Waals surface area contributed by atoms with Crippen LogP contribution < -0.4 is 5.32 Å². The van der Waals surface area contributed by atoms with Gasteiger partial charge in [-0.1, -0.05) is 31.4 Å². The van der Waals surface area contributed by atoms with E-state index in [9.17, 15) is 9.59 Å². The standard InChI is InChI=1S/C24H36N4O3/c1-31-19-23(29)25-15-8-4-5-13-22-26-20-11-6-7-12-21(20)28(22)18-14-24(30)27-16-9-2-3-10-17-27/h6-7,11-12H,2-5,8-10,13-19H2,1H3,(H,25,29). The summed E-state index contributed by atoms with van der Waals surface area (Å²) >= 11 is 0. The molecule has 0 radical (unpaired) electrons. The maximum Gasteiger partial charge on any atom is 0.245 e. The molecule has 0 aliphatic carbocycles. The van der Waals surface area contributed by atoms with Crippen molar-refractivity contribution in [1.82, 2.24) is 19.8 Å². The molecule has 1 aliphatic rings. The van der Waals surface area contributed by atoms with Crippen LogP contribution in [0, 0.1) is 0 Å². The number of hydrogen-bond donors (Lipinski definition) is 1. The number of amides is 2. The van der Waals surface area contributed by atoms with E-state index in [-0.39, 0.29) is 18.4 Å². The number of rotatable bonds is 11. The van der Waals surface area contributed by atoms with Gasteiger partial charge in [-0.2, -0.15) is 0 Å². The lowest BCUT2D eigenvalue weighted by Gasteiger charge is -2.20. The third-order valence-corrected chi connectivity index (χ3v) is 5.92. The Bertz CT molecular complexity index is 840. The third kappa shape index (κ3) is 7.06. The second-order valence-corrected chi connectivity index (χ2v) is 8.31. The normalized spacial score (nSPS) is 14.5. The van der Waals surface area contributed by atoms with Crippen LogP contribution in [0.4, 0.5) is 0 Å². The van der Waals surface area contributed by atoms with Gasteiger partial charge in [-0.05, 0) is 37.8 Å². The first-order valence-electron chi connectivity index (χ1n) is 11.7. The molecule has 1 aromatic carbocycles. The number of methoxy groups -OCH3 is 1. The van der Waals surface area contributed by atoms with Crippen LogP contribution in [0.3, 0.4) is 0 Å². The minimum atomic E-state index is -0.0710. The molecule has 1 aromatic heterocycles. The van der Waals surface area contributed by atoms with Gasteiger partial charge in [0.15, 0.2) is 0 Å². The summed E-state index contributed by atoms with van der Waals surface area (Å²) in [6.45, 7) is 3.26. The highest BCUT2D eigenvalue weighted by molar-refractivity contribution is 5.78. The molecule has 0 saturated carbocycles. The van der Waals surface area contributed by atoms with Crippen molar-refractivity contribution in [3.05, 3.63) is 30.1 Å². The van der Waals surface area contributed by atoms with Gasteiger partial charge in [0.05, 0.1) is 11.0 Å². The monoisotopic (exact) mass is 428 g/mol. The van der Waals surface area contributed by atoms with Crippen molar-refractivity contribution in [1.29, 1.82) is 0 Å². The molecule has 1 aliphatic heterocycles. The number of carbonyl (C=O) groups excluding carboxylic acids is 2. The number of unbranched alkanes of at least 4 members (excludes halogenated alkanes) is 2. The molecule has 7 nitrogen and oxygen atoms in total. The summed E-state index contributed by atoms with van der Waals surface area (Å²) in [4.78, 5) is 31.1. The van der Waals surface area contributed by atoms with E-state index >= 15 is 0 Å². The van der Waals surface area contributed by atoms with E-state index in [4.69, 9.17) is 9.72 Å². The molecule has 2 heterocycles. The number of carbonyl (C=O) groups is 2. The number of imidazole rings is 1. The molecule has 2 aromatic rings. The van der Waals surface area contributed by atoms with Gasteiger partial charge in [0, 0.05) is 46.1 Å². The smallest absolute Gasteiger partial charge is 0.245 e. The molecule has 0 bridgehead atoms. The molecule has 1 N–H and O–H groups in total. The van der Waals surface area contributed by atoms with E-state index in [1.54, 1.807) is 0 Å². The Hall–Kier alpha value is -2.41. The average molecular weight is 429 g/mol. The Kier molecular flexibility index (Phi) is 9.34. The summed E-state index contributed by atoms with van der Waals surface area (Å²) in [5, 5.41) is 2.86. The first-order chi connectivity index (χ1) is 15.2. The van der Waals surface area contributed by atoms with Crippen LogP contribution in [0.15, 0.2) is 24.3 Å². The van der Waals surface area contributed by atoms with Crippen molar-refractivity contribution in [3.8, 4) is 0 Å². The van der Waals surface area contributed by atoms with Crippen LogP contribution in [0.1, 0.15) is 57.2 Å². The molecular formula is C24H36N4O3. The van der Waals surface area contributed by atoms with E-state index in [1.165, 1.54) is 20.0 Å². The fourth-order valence-electron chi connectivity index (χ4n) is 4.25. The minimum absolute atomic E-state index is 0.0710. The van der Waals surface area contributed by atoms with Crippen LogP contribution in [-0.4, -0.2) is 59.6 Å². The Morgan fingerprint density at radius 2 is 1.84 bits per heavy atom. The predicted molar refractivity (Wildman–Crippen MR) is 122 cm³/mol. The van der Waals surface area contributed by atoms with E-state index in [0.717, 1.165) is 68.5 Å². The lowest BCUT2D eigenvalue weighted by molar-refractivity contribution is -0.131. The van der Waals surface area contributed by atoms with Crippen molar-refractivity contribution in [3.63, 3.8) is 0 Å². The number of likely N-dealkylation sites (tertiary alicyclic amines) is 1. The second-order valence-electron chi connectivity index (χ2n) is 8.31.